The number of nitrogens with two attached hydrogens (primary N) is 1. The van der Waals surface area contributed by atoms with Gasteiger partial charge in [-0.05, 0) is 42.9 Å². The molecule has 1 unspecified atom stereocenters. The van der Waals surface area contributed by atoms with Crippen molar-refractivity contribution in [1.29, 1.82) is 0 Å². The topological polar surface area (TPSA) is 26.0 Å². The van der Waals surface area contributed by atoms with Crippen LogP contribution in [0.3, 0.4) is 0 Å². The zero-order valence-corrected chi connectivity index (χ0v) is 9.40. The van der Waals surface area contributed by atoms with Gasteiger partial charge in [-0.25, -0.2) is 4.39 Å². The van der Waals surface area contributed by atoms with Gasteiger partial charge in [0.1, 0.15) is 5.82 Å². The van der Waals surface area contributed by atoms with Crippen molar-refractivity contribution in [2.45, 2.75) is 19.4 Å². The maximum Gasteiger partial charge on any atom is 0.123 e. The van der Waals surface area contributed by atoms with Crippen LogP contribution in [0.15, 0.2) is 18.2 Å². The van der Waals surface area contributed by atoms with Gasteiger partial charge in [-0.3, -0.25) is 0 Å². The maximum atomic E-state index is 12.8. The second-order valence-corrected chi connectivity index (χ2v) is 4.40. The Morgan fingerprint density at radius 1 is 1.50 bits per heavy atom. The van der Waals surface area contributed by atoms with Crippen LogP contribution in [0.2, 0.25) is 0 Å². The van der Waals surface area contributed by atoms with Gasteiger partial charge in [-0.1, -0.05) is 6.07 Å². The maximum absolute atomic E-state index is 12.8. The number of halogens is 1. The summed E-state index contributed by atoms with van der Waals surface area (Å²) in [4.78, 5) is 0. The van der Waals surface area contributed by atoms with Gasteiger partial charge in [-0.2, -0.15) is 11.8 Å². The molecule has 0 aliphatic carbocycles. The van der Waals surface area contributed by atoms with Gasteiger partial charge in [0.2, 0.25) is 0 Å². The van der Waals surface area contributed by atoms with Crippen molar-refractivity contribution in [2.24, 2.45) is 5.73 Å². The van der Waals surface area contributed by atoms with E-state index in [1.165, 1.54) is 6.07 Å². The van der Waals surface area contributed by atoms with Crippen LogP contribution in [-0.4, -0.2) is 18.1 Å². The van der Waals surface area contributed by atoms with Crippen molar-refractivity contribution in [3.8, 4) is 0 Å². The summed E-state index contributed by atoms with van der Waals surface area (Å²) in [6.45, 7) is 1.92. The summed E-state index contributed by atoms with van der Waals surface area (Å²) in [5.74, 6) is 0.765. The quantitative estimate of drug-likeness (QED) is 0.831. The lowest BCUT2D eigenvalue weighted by atomic mass is 10.0. The fraction of sp³-hybridized carbons (Fsp3) is 0.455. The Bertz CT molecular complexity index is 301. The fourth-order valence-corrected chi connectivity index (χ4v) is 1.99. The summed E-state index contributed by atoms with van der Waals surface area (Å²) in [7, 11) is 0. The summed E-state index contributed by atoms with van der Waals surface area (Å²) < 4.78 is 12.8. The minimum absolute atomic E-state index is 0.161. The number of thioether (sulfide) groups is 1. The fourth-order valence-electron chi connectivity index (χ4n) is 1.44. The van der Waals surface area contributed by atoms with Crippen LogP contribution in [0.4, 0.5) is 4.39 Å². The zero-order chi connectivity index (χ0) is 10.6. The summed E-state index contributed by atoms with van der Waals surface area (Å²) in [6.07, 6.45) is 2.87. The Morgan fingerprint density at radius 2 is 2.21 bits per heavy atom. The Kier molecular flexibility index (Phi) is 4.42. The molecule has 1 aromatic carbocycles. The van der Waals surface area contributed by atoms with Gasteiger partial charge in [0.05, 0.1) is 0 Å². The number of hydrogen-bond acceptors (Lipinski definition) is 2. The van der Waals surface area contributed by atoms with Gasteiger partial charge < -0.3 is 5.73 Å². The van der Waals surface area contributed by atoms with Gasteiger partial charge in [0.25, 0.3) is 0 Å². The van der Waals surface area contributed by atoms with Gasteiger partial charge in [-0.15, -0.1) is 0 Å². The Hall–Kier alpha value is -0.540. The van der Waals surface area contributed by atoms with E-state index < -0.39 is 0 Å². The second-order valence-electron chi connectivity index (χ2n) is 3.49. The molecule has 1 rings (SSSR count). The molecule has 0 aliphatic heterocycles. The minimum Gasteiger partial charge on any atom is -0.327 e. The predicted molar refractivity (Wildman–Crippen MR) is 61.2 cm³/mol. The Balaban J connectivity index is 2.67. The molecule has 1 atom stereocenters. The average Bonchev–Trinajstić information content (AvgIpc) is 2.10. The molecule has 0 fully saturated rings. The van der Waals surface area contributed by atoms with Gasteiger partial charge in [0, 0.05) is 11.8 Å². The molecule has 2 N–H and O–H groups in total. The van der Waals surface area contributed by atoms with E-state index in [2.05, 4.69) is 0 Å². The largest absolute Gasteiger partial charge is 0.327 e. The monoisotopic (exact) mass is 213 g/mol. The number of aryl methyl sites for hydroxylation is 1. The minimum atomic E-state index is -0.176. The van der Waals surface area contributed by atoms with Crippen molar-refractivity contribution in [3.05, 3.63) is 35.1 Å². The second kappa shape index (κ2) is 5.37. The zero-order valence-electron chi connectivity index (χ0n) is 8.59. The van der Waals surface area contributed by atoms with E-state index in [1.807, 2.05) is 19.2 Å². The van der Waals surface area contributed by atoms with Crippen molar-refractivity contribution in [1.82, 2.24) is 0 Å². The molecule has 0 aliphatic rings. The smallest absolute Gasteiger partial charge is 0.123 e. The van der Waals surface area contributed by atoms with E-state index >= 15 is 0 Å². The summed E-state index contributed by atoms with van der Waals surface area (Å²) >= 11 is 1.74. The number of rotatable bonds is 4. The lowest BCUT2D eigenvalue weighted by Crippen LogP contribution is -2.25. The molecule has 14 heavy (non-hydrogen) atoms. The third-order valence-corrected chi connectivity index (χ3v) is 2.93. The Labute approximate surface area is 88.9 Å². The lowest BCUT2D eigenvalue weighted by Gasteiger charge is -2.11. The first-order valence-corrected chi connectivity index (χ1v) is 6.02. The third kappa shape index (κ3) is 3.31. The summed E-state index contributed by atoms with van der Waals surface area (Å²) in [5, 5.41) is 0. The highest BCUT2D eigenvalue weighted by molar-refractivity contribution is 7.98. The Morgan fingerprint density at radius 3 is 2.79 bits per heavy atom. The molecule has 0 spiro atoms. The highest BCUT2D eigenvalue weighted by Crippen LogP contribution is 2.12. The first-order chi connectivity index (χ1) is 6.63. The average molecular weight is 213 g/mol. The van der Waals surface area contributed by atoms with Gasteiger partial charge >= 0.3 is 0 Å². The van der Waals surface area contributed by atoms with Crippen LogP contribution < -0.4 is 5.73 Å². The SMILES string of the molecule is CSCC(N)Cc1ccc(F)cc1C. The molecule has 78 valence electrons. The first-order valence-electron chi connectivity index (χ1n) is 4.63. The first kappa shape index (κ1) is 11.5. The van der Waals surface area contributed by atoms with Crippen molar-refractivity contribution in [2.75, 3.05) is 12.0 Å². The molecular formula is C11H16FNS. The van der Waals surface area contributed by atoms with Crippen molar-refractivity contribution < 1.29 is 4.39 Å². The molecule has 1 nitrogen and oxygen atoms in total. The molecule has 0 saturated carbocycles. The van der Waals surface area contributed by atoms with E-state index in [4.69, 9.17) is 5.73 Å². The highest BCUT2D eigenvalue weighted by Gasteiger charge is 2.06. The molecule has 0 radical (unpaired) electrons. The standard InChI is InChI=1S/C11H16FNS/c1-8-5-10(12)4-3-9(8)6-11(13)7-14-2/h3-5,11H,6-7,13H2,1-2H3. The van der Waals surface area contributed by atoms with E-state index in [0.717, 1.165) is 23.3 Å². The van der Waals surface area contributed by atoms with Crippen LogP contribution in [0, 0.1) is 12.7 Å². The van der Waals surface area contributed by atoms with E-state index in [9.17, 15) is 4.39 Å². The van der Waals surface area contributed by atoms with E-state index in [-0.39, 0.29) is 11.9 Å². The molecule has 0 aromatic heterocycles. The van der Waals surface area contributed by atoms with Crippen LogP contribution in [0.5, 0.6) is 0 Å². The van der Waals surface area contributed by atoms with Gasteiger partial charge in [0.15, 0.2) is 0 Å². The number of benzene rings is 1. The molecular weight excluding hydrogens is 197 g/mol. The summed E-state index contributed by atoms with van der Waals surface area (Å²) in [5.41, 5.74) is 8.04. The van der Waals surface area contributed by atoms with Crippen LogP contribution >= 0.6 is 11.8 Å². The van der Waals surface area contributed by atoms with E-state index in [0.29, 0.717) is 0 Å². The molecule has 1 aromatic rings. The molecule has 0 amide bonds. The molecule has 0 bridgehead atoms. The lowest BCUT2D eigenvalue weighted by molar-refractivity contribution is 0.624. The van der Waals surface area contributed by atoms with Crippen molar-refractivity contribution in [3.63, 3.8) is 0 Å². The van der Waals surface area contributed by atoms with E-state index in [1.54, 1.807) is 17.8 Å². The van der Waals surface area contributed by atoms with Crippen molar-refractivity contribution >= 4 is 11.8 Å². The molecule has 0 heterocycles. The number of hydrogen-bond donors (Lipinski definition) is 1. The van der Waals surface area contributed by atoms with Crippen LogP contribution in [-0.2, 0) is 6.42 Å². The summed E-state index contributed by atoms with van der Waals surface area (Å²) in [6, 6.07) is 5.04. The molecule has 0 saturated heterocycles. The predicted octanol–water partition coefficient (Wildman–Crippen LogP) is 2.37. The van der Waals surface area contributed by atoms with Crippen LogP contribution in [0.25, 0.3) is 0 Å². The van der Waals surface area contributed by atoms with Crippen LogP contribution in [0.1, 0.15) is 11.1 Å². The third-order valence-electron chi connectivity index (χ3n) is 2.17. The highest BCUT2D eigenvalue weighted by atomic mass is 32.2. The molecule has 3 heteroatoms. The normalized spacial score (nSPS) is 12.9.